The van der Waals surface area contributed by atoms with Crippen molar-refractivity contribution < 1.29 is 14.4 Å². The summed E-state index contributed by atoms with van der Waals surface area (Å²) >= 11 is 16.0. The number of hydrogen-bond acceptors (Lipinski definition) is 4. The number of hydrogen-bond donors (Lipinski definition) is 3. The van der Waals surface area contributed by atoms with E-state index in [9.17, 15) is 14.4 Å². The number of carbonyl (C=O) groups excluding carboxylic acids is 3. The van der Waals surface area contributed by atoms with Gasteiger partial charge in [0.15, 0.2) is 0 Å². The first kappa shape index (κ1) is 26.5. The molecule has 7 nitrogen and oxygen atoms in total. The van der Waals surface area contributed by atoms with Crippen molar-refractivity contribution in [2.24, 2.45) is 0 Å². The molecule has 38 heavy (non-hydrogen) atoms. The smallest absolute Gasteiger partial charge is 0.256 e. The highest BCUT2D eigenvalue weighted by Crippen LogP contribution is 2.43. The lowest BCUT2D eigenvalue weighted by molar-refractivity contribution is -0.124. The summed E-state index contributed by atoms with van der Waals surface area (Å²) < 4.78 is 0.730. The zero-order valence-electron chi connectivity index (χ0n) is 20.5. The van der Waals surface area contributed by atoms with Crippen LogP contribution in [0.3, 0.4) is 0 Å². The van der Waals surface area contributed by atoms with Gasteiger partial charge in [0.2, 0.25) is 5.91 Å². The molecule has 0 saturated carbocycles. The Bertz CT molecular complexity index is 1450. The Morgan fingerprint density at radius 3 is 2.66 bits per heavy atom. The van der Waals surface area contributed by atoms with E-state index in [2.05, 4.69) is 31.9 Å². The van der Waals surface area contributed by atoms with Crippen LogP contribution in [0, 0.1) is 0 Å². The maximum atomic E-state index is 13.8. The Balaban J connectivity index is 1.60. The molecule has 0 radical (unpaired) electrons. The molecule has 3 N–H and O–H groups in total. The summed E-state index contributed by atoms with van der Waals surface area (Å²) in [7, 11) is 1.57. The molecule has 3 aromatic rings. The molecule has 1 saturated heterocycles. The quantitative estimate of drug-likeness (QED) is 0.336. The van der Waals surface area contributed by atoms with E-state index in [0.29, 0.717) is 45.5 Å². The highest BCUT2D eigenvalue weighted by atomic mass is 79.9. The second-order valence-electron chi connectivity index (χ2n) is 9.44. The first-order valence-corrected chi connectivity index (χ1v) is 13.7. The summed E-state index contributed by atoms with van der Waals surface area (Å²) in [6, 6.07) is 17.3. The molecule has 0 aliphatic carbocycles. The van der Waals surface area contributed by atoms with Crippen molar-refractivity contribution in [3.05, 3.63) is 91.9 Å². The van der Waals surface area contributed by atoms with Crippen LogP contribution in [-0.2, 0) is 21.5 Å². The van der Waals surface area contributed by atoms with Crippen LogP contribution >= 0.6 is 39.1 Å². The molecular formula is C28H25BrCl2N4O3. The van der Waals surface area contributed by atoms with Crippen LogP contribution in [0.2, 0.25) is 10.0 Å². The summed E-state index contributed by atoms with van der Waals surface area (Å²) in [4.78, 5) is 41.6. The van der Waals surface area contributed by atoms with Gasteiger partial charge in [-0.2, -0.15) is 0 Å². The number of likely N-dealkylation sites (N-methyl/N-ethyl adjacent to an activating group) is 1. The van der Waals surface area contributed by atoms with Gasteiger partial charge in [-0.05, 0) is 60.9 Å². The zero-order chi connectivity index (χ0) is 27.0. The van der Waals surface area contributed by atoms with Gasteiger partial charge in [0.05, 0.1) is 5.56 Å². The number of fused-ring (bicyclic) bond motifs is 1. The lowest BCUT2D eigenvalue weighted by atomic mass is 9.84. The fourth-order valence-corrected chi connectivity index (χ4v) is 6.03. The molecular weight excluding hydrogens is 591 g/mol. The van der Waals surface area contributed by atoms with Gasteiger partial charge in [-0.1, -0.05) is 57.3 Å². The van der Waals surface area contributed by atoms with Gasteiger partial charge in [-0.15, -0.1) is 0 Å². The molecule has 2 aliphatic rings. The minimum Gasteiger partial charge on any atom is -0.367 e. The molecule has 2 aliphatic heterocycles. The number of nitrogens with zero attached hydrogens (tertiary/aromatic N) is 1. The third-order valence-corrected chi connectivity index (χ3v) is 8.02. The van der Waals surface area contributed by atoms with E-state index < -0.39 is 11.6 Å². The van der Waals surface area contributed by atoms with Crippen LogP contribution in [-0.4, -0.2) is 42.3 Å². The number of amides is 3. The highest BCUT2D eigenvalue weighted by molar-refractivity contribution is 9.10. The topological polar surface area (TPSA) is 90.5 Å². The second-order valence-corrected chi connectivity index (χ2v) is 11.2. The number of likely N-dealkylation sites (tertiary alicyclic amines) is 1. The maximum absolute atomic E-state index is 13.8. The Morgan fingerprint density at radius 1 is 1.11 bits per heavy atom. The van der Waals surface area contributed by atoms with Crippen LogP contribution in [0.1, 0.15) is 34.3 Å². The van der Waals surface area contributed by atoms with Gasteiger partial charge in [0.1, 0.15) is 11.6 Å². The van der Waals surface area contributed by atoms with Crippen LogP contribution in [0.5, 0.6) is 0 Å². The third-order valence-electron chi connectivity index (χ3n) is 7.06. The van der Waals surface area contributed by atoms with Crippen molar-refractivity contribution in [1.82, 2.24) is 10.2 Å². The maximum Gasteiger partial charge on any atom is 0.256 e. The highest BCUT2D eigenvalue weighted by Gasteiger charge is 2.48. The van der Waals surface area contributed by atoms with Gasteiger partial charge in [0, 0.05) is 51.5 Å². The van der Waals surface area contributed by atoms with Crippen molar-refractivity contribution in [2.45, 2.75) is 30.8 Å². The SMILES string of the molecule is CNC(=O)[C@H]1CCCN1C(=O)c1ccc(Br)cc1NC1(Cc2cccc(Cl)c2)C(=O)Nc2cc(Cl)ccc21. The molecule has 2 heterocycles. The Labute approximate surface area is 239 Å². The molecule has 1 fully saturated rings. The standard InChI is InChI=1S/C28H25BrCl2N4O3/c1-32-25(36)24-6-3-11-35(24)26(37)20-9-7-17(29)13-22(20)34-28(15-16-4-2-5-18(30)12-16)21-10-8-19(31)14-23(21)33-27(28)38/h2,4-5,7-10,12-14,24,34H,3,6,11,15H2,1H3,(H,32,36)(H,33,38)/t24-,28?/m1/s1. The molecule has 0 bridgehead atoms. The minimum absolute atomic E-state index is 0.194. The minimum atomic E-state index is -1.26. The summed E-state index contributed by atoms with van der Waals surface area (Å²) in [5, 5.41) is 10.1. The summed E-state index contributed by atoms with van der Waals surface area (Å²) in [5.41, 5.74) is 1.71. The number of halogens is 3. The van der Waals surface area contributed by atoms with Crippen LogP contribution in [0.15, 0.2) is 65.1 Å². The fraction of sp³-hybridized carbons (Fsp3) is 0.250. The lowest BCUT2D eigenvalue weighted by Gasteiger charge is -2.32. The van der Waals surface area contributed by atoms with Crippen LogP contribution in [0.4, 0.5) is 11.4 Å². The molecule has 1 unspecified atom stereocenters. The largest absolute Gasteiger partial charge is 0.367 e. The molecule has 3 aromatic carbocycles. The van der Waals surface area contributed by atoms with E-state index in [1.165, 1.54) is 0 Å². The predicted octanol–water partition coefficient (Wildman–Crippen LogP) is 5.61. The Morgan fingerprint density at radius 2 is 1.89 bits per heavy atom. The van der Waals surface area contributed by atoms with E-state index >= 15 is 0 Å². The van der Waals surface area contributed by atoms with Gasteiger partial charge >= 0.3 is 0 Å². The van der Waals surface area contributed by atoms with Crippen molar-refractivity contribution in [2.75, 3.05) is 24.2 Å². The Kier molecular flexibility index (Phi) is 7.40. The summed E-state index contributed by atoms with van der Waals surface area (Å²) in [6.07, 6.45) is 1.59. The molecule has 5 rings (SSSR count). The second kappa shape index (κ2) is 10.6. The van der Waals surface area contributed by atoms with E-state index in [-0.39, 0.29) is 24.1 Å². The molecule has 10 heteroatoms. The van der Waals surface area contributed by atoms with E-state index in [0.717, 1.165) is 16.5 Å². The number of carbonyl (C=O) groups is 3. The lowest BCUT2D eigenvalue weighted by Crippen LogP contribution is -2.46. The van der Waals surface area contributed by atoms with Gasteiger partial charge < -0.3 is 20.9 Å². The number of benzene rings is 3. The van der Waals surface area contributed by atoms with Crippen molar-refractivity contribution >= 4 is 68.2 Å². The first-order chi connectivity index (χ1) is 18.2. The van der Waals surface area contributed by atoms with Crippen LogP contribution < -0.4 is 16.0 Å². The predicted molar refractivity (Wildman–Crippen MR) is 153 cm³/mol. The van der Waals surface area contributed by atoms with Gasteiger partial charge in [-0.25, -0.2) is 0 Å². The average Bonchev–Trinajstić information content (AvgIpc) is 3.46. The fourth-order valence-electron chi connectivity index (χ4n) is 5.28. The van der Waals surface area contributed by atoms with Crippen molar-refractivity contribution in [1.29, 1.82) is 0 Å². The van der Waals surface area contributed by atoms with Gasteiger partial charge in [0.25, 0.3) is 11.8 Å². The third kappa shape index (κ3) is 4.88. The van der Waals surface area contributed by atoms with Crippen molar-refractivity contribution in [3.8, 4) is 0 Å². The van der Waals surface area contributed by atoms with Gasteiger partial charge in [-0.3, -0.25) is 14.4 Å². The number of rotatable bonds is 6. The Hall–Kier alpha value is -3.07. The molecule has 2 atom stereocenters. The van der Waals surface area contributed by atoms with Crippen LogP contribution in [0.25, 0.3) is 0 Å². The number of anilines is 2. The monoisotopic (exact) mass is 614 g/mol. The first-order valence-electron chi connectivity index (χ1n) is 12.2. The summed E-state index contributed by atoms with van der Waals surface area (Å²) in [5.74, 6) is -0.753. The molecule has 3 amide bonds. The van der Waals surface area contributed by atoms with E-state index in [4.69, 9.17) is 23.2 Å². The summed E-state index contributed by atoms with van der Waals surface area (Å²) in [6.45, 7) is 0.474. The molecule has 0 aromatic heterocycles. The van der Waals surface area contributed by atoms with E-state index in [1.807, 2.05) is 24.3 Å². The van der Waals surface area contributed by atoms with E-state index in [1.54, 1.807) is 48.3 Å². The zero-order valence-corrected chi connectivity index (χ0v) is 23.6. The number of nitrogens with one attached hydrogen (secondary N) is 3. The molecule has 0 spiro atoms. The normalized spacial score (nSPS) is 20.2. The average molecular weight is 616 g/mol. The molecule has 196 valence electrons. The van der Waals surface area contributed by atoms with Crippen molar-refractivity contribution in [3.63, 3.8) is 0 Å².